The molecule has 2 fully saturated rings. The lowest BCUT2D eigenvalue weighted by molar-refractivity contribution is 0.0870. The van der Waals surface area contributed by atoms with Crippen LogP contribution in [0.1, 0.15) is 23.0 Å². The Balaban J connectivity index is 1.69. The van der Waals surface area contributed by atoms with Crippen molar-refractivity contribution in [3.05, 3.63) is 4.88 Å². The number of carbonyl (C=O) groups is 1. The molecular weight excluding hydrogens is 292 g/mol. The minimum atomic E-state index is -0.160. The number of carbonyl (C=O) groups excluding carboxylic acids is 1. The third-order valence-electron chi connectivity index (χ3n) is 3.82. The Bertz CT molecular complexity index is 516. The Morgan fingerprint density at radius 2 is 2.19 bits per heavy atom. The molecule has 116 valence electrons. The molecule has 2 atom stereocenters. The maximum absolute atomic E-state index is 12.3. The number of nitrogens with one attached hydrogen (secondary N) is 1. The predicted molar refractivity (Wildman–Crippen MR) is 80.8 cm³/mol. The number of nitrogens with two attached hydrogens (primary N) is 1. The van der Waals surface area contributed by atoms with Crippen molar-refractivity contribution in [3.8, 4) is 0 Å². The van der Waals surface area contributed by atoms with E-state index in [0.29, 0.717) is 30.5 Å². The Labute approximate surface area is 127 Å². The molecule has 0 saturated carbocycles. The molecule has 21 heavy (non-hydrogen) atoms. The Kier molecular flexibility index (Phi) is 4.27. The van der Waals surface area contributed by atoms with Gasteiger partial charge < -0.3 is 25.4 Å². The summed E-state index contributed by atoms with van der Waals surface area (Å²) in [6, 6.07) is 0.0471. The third-order valence-corrected chi connectivity index (χ3v) is 4.95. The Morgan fingerprint density at radius 1 is 1.43 bits per heavy atom. The van der Waals surface area contributed by atoms with Crippen LogP contribution in [0, 0.1) is 0 Å². The van der Waals surface area contributed by atoms with Crippen LogP contribution in [0.4, 0.5) is 10.9 Å². The van der Waals surface area contributed by atoms with Crippen molar-refractivity contribution >= 4 is 28.2 Å². The van der Waals surface area contributed by atoms with Crippen LogP contribution in [0.5, 0.6) is 0 Å². The van der Waals surface area contributed by atoms with Crippen LogP contribution in [-0.2, 0) is 9.47 Å². The smallest absolute Gasteiger partial charge is 0.265 e. The highest BCUT2D eigenvalue weighted by atomic mass is 32.1. The summed E-state index contributed by atoms with van der Waals surface area (Å²) < 4.78 is 10.8. The lowest BCUT2D eigenvalue weighted by Crippen LogP contribution is -2.39. The molecule has 1 aromatic heterocycles. The van der Waals surface area contributed by atoms with E-state index in [2.05, 4.69) is 15.2 Å². The summed E-state index contributed by atoms with van der Waals surface area (Å²) in [5.74, 6) is 0.136. The highest BCUT2D eigenvalue weighted by Gasteiger charge is 2.28. The fourth-order valence-electron chi connectivity index (χ4n) is 2.53. The highest BCUT2D eigenvalue weighted by Crippen LogP contribution is 2.29. The molecule has 8 heteroatoms. The summed E-state index contributed by atoms with van der Waals surface area (Å²) in [6.45, 7) is 5.56. The molecule has 1 aromatic rings. The van der Waals surface area contributed by atoms with Crippen LogP contribution >= 0.6 is 11.3 Å². The molecule has 2 aliphatic heterocycles. The summed E-state index contributed by atoms with van der Waals surface area (Å²) >= 11 is 1.34. The maximum Gasteiger partial charge on any atom is 0.265 e. The molecule has 0 aromatic carbocycles. The van der Waals surface area contributed by atoms with Gasteiger partial charge in [-0.15, -0.1) is 0 Å². The van der Waals surface area contributed by atoms with E-state index in [9.17, 15) is 4.79 Å². The van der Waals surface area contributed by atoms with Crippen LogP contribution in [0.25, 0.3) is 0 Å². The summed E-state index contributed by atoms with van der Waals surface area (Å²) in [7, 11) is 0. The Hall–Kier alpha value is -1.38. The summed E-state index contributed by atoms with van der Waals surface area (Å²) in [6.07, 6.45) is 0.879. The number of anilines is 2. The van der Waals surface area contributed by atoms with Gasteiger partial charge in [0.2, 0.25) is 0 Å². The lowest BCUT2D eigenvalue weighted by Gasteiger charge is -2.25. The van der Waals surface area contributed by atoms with Gasteiger partial charge in [0.1, 0.15) is 10.7 Å². The van der Waals surface area contributed by atoms with E-state index < -0.39 is 0 Å². The lowest BCUT2D eigenvalue weighted by atomic mass is 10.1. The number of hydrogen-bond donors (Lipinski definition) is 2. The summed E-state index contributed by atoms with van der Waals surface area (Å²) in [5.41, 5.74) is 5.91. The second kappa shape index (κ2) is 6.17. The first-order valence-corrected chi connectivity index (χ1v) is 7.98. The molecule has 7 nitrogen and oxygen atoms in total. The standard InChI is InChI=1S/C13H20N4O3S/c1-8-9(2-5-20-8)15-12(18)10-11(14)16-13(21-10)17-3-6-19-7-4-17/h8-9H,2-7,14H2,1H3,(H,15,18). The van der Waals surface area contributed by atoms with Crippen LogP contribution in [-0.4, -0.2) is 55.9 Å². The number of ether oxygens (including phenoxy) is 2. The van der Waals surface area contributed by atoms with Gasteiger partial charge in [0, 0.05) is 19.7 Å². The average Bonchev–Trinajstić information content (AvgIpc) is 3.06. The largest absolute Gasteiger partial charge is 0.382 e. The highest BCUT2D eigenvalue weighted by molar-refractivity contribution is 7.18. The number of morpholine rings is 1. The molecule has 0 aliphatic carbocycles. The monoisotopic (exact) mass is 312 g/mol. The van der Waals surface area contributed by atoms with Gasteiger partial charge >= 0.3 is 0 Å². The van der Waals surface area contributed by atoms with E-state index in [0.717, 1.165) is 24.6 Å². The predicted octanol–water partition coefficient (Wildman–Crippen LogP) is 0.469. The first-order chi connectivity index (χ1) is 10.1. The number of thiazole rings is 1. The van der Waals surface area contributed by atoms with Gasteiger partial charge in [-0.05, 0) is 13.3 Å². The molecule has 2 saturated heterocycles. The minimum absolute atomic E-state index is 0.0433. The first-order valence-electron chi connectivity index (χ1n) is 7.16. The number of nitrogens with zero attached hydrogens (tertiary/aromatic N) is 2. The fraction of sp³-hybridized carbons (Fsp3) is 0.692. The van der Waals surface area contributed by atoms with Gasteiger partial charge in [0.15, 0.2) is 5.13 Å². The molecule has 3 rings (SSSR count). The van der Waals surface area contributed by atoms with E-state index in [4.69, 9.17) is 15.2 Å². The van der Waals surface area contributed by atoms with Crippen LogP contribution in [0.3, 0.4) is 0 Å². The second-order valence-corrected chi connectivity index (χ2v) is 6.23. The normalized spacial score (nSPS) is 26.0. The van der Waals surface area contributed by atoms with E-state index in [1.807, 2.05) is 6.92 Å². The molecule has 0 spiro atoms. The molecule has 0 bridgehead atoms. The molecule has 3 heterocycles. The van der Waals surface area contributed by atoms with E-state index in [1.54, 1.807) is 0 Å². The Morgan fingerprint density at radius 3 is 2.86 bits per heavy atom. The van der Waals surface area contributed by atoms with Gasteiger partial charge in [-0.1, -0.05) is 11.3 Å². The fourth-order valence-corrected chi connectivity index (χ4v) is 3.47. The minimum Gasteiger partial charge on any atom is -0.382 e. The molecule has 3 N–H and O–H groups in total. The first kappa shape index (κ1) is 14.6. The van der Waals surface area contributed by atoms with Gasteiger partial charge in [-0.25, -0.2) is 4.98 Å². The molecule has 0 radical (unpaired) electrons. The van der Waals surface area contributed by atoms with Gasteiger partial charge in [-0.2, -0.15) is 0 Å². The number of nitrogen functional groups attached to an aromatic ring is 1. The van der Waals surface area contributed by atoms with Crippen LogP contribution in [0.15, 0.2) is 0 Å². The van der Waals surface area contributed by atoms with Gasteiger partial charge in [0.25, 0.3) is 5.91 Å². The summed E-state index contributed by atoms with van der Waals surface area (Å²) in [4.78, 5) is 19.2. The van der Waals surface area contributed by atoms with Crippen molar-refractivity contribution in [2.45, 2.75) is 25.5 Å². The number of amides is 1. The topological polar surface area (TPSA) is 89.7 Å². The number of hydrogen-bond acceptors (Lipinski definition) is 7. The molecule has 2 unspecified atom stereocenters. The van der Waals surface area contributed by atoms with Crippen molar-refractivity contribution in [3.63, 3.8) is 0 Å². The van der Waals surface area contributed by atoms with Crippen molar-refractivity contribution in [1.82, 2.24) is 10.3 Å². The molecular formula is C13H20N4O3S. The van der Waals surface area contributed by atoms with E-state index in [1.165, 1.54) is 11.3 Å². The van der Waals surface area contributed by atoms with Crippen LogP contribution < -0.4 is 16.0 Å². The SMILES string of the molecule is CC1OCCC1NC(=O)c1sc(N2CCOCC2)nc1N. The number of aromatic nitrogens is 1. The third kappa shape index (κ3) is 3.12. The van der Waals surface area contributed by atoms with Crippen molar-refractivity contribution in [1.29, 1.82) is 0 Å². The second-order valence-electron chi connectivity index (χ2n) is 5.25. The van der Waals surface area contributed by atoms with Gasteiger partial charge in [-0.3, -0.25) is 4.79 Å². The van der Waals surface area contributed by atoms with Crippen molar-refractivity contribution in [2.24, 2.45) is 0 Å². The molecule has 2 aliphatic rings. The summed E-state index contributed by atoms with van der Waals surface area (Å²) in [5, 5.41) is 3.77. The van der Waals surface area contributed by atoms with E-state index in [-0.39, 0.29) is 18.1 Å². The average molecular weight is 312 g/mol. The number of rotatable bonds is 3. The zero-order chi connectivity index (χ0) is 14.8. The van der Waals surface area contributed by atoms with Crippen LogP contribution in [0.2, 0.25) is 0 Å². The van der Waals surface area contributed by atoms with E-state index >= 15 is 0 Å². The quantitative estimate of drug-likeness (QED) is 0.843. The maximum atomic E-state index is 12.3. The van der Waals surface area contributed by atoms with Crippen molar-refractivity contribution in [2.75, 3.05) is 43.5 Å². The van der Waals surface area contributed by atoms with Crippen molar-refractivity contribution < 1.29 is 14.3 Å². The molecule has 1 amide bonds. The zero-order valence-corrected chi connectivity index (χ0v) is 12.8. The van der Waals surface area contributed by atoms with Gasteiger partial charge in [0.05, 0.1) is 25.4 Å². The zero-order valence-electron chi connectivity index (χ0n) is 12.0.